The van der Waals surface area contributed by atoms with Gasteiger partial charge in [0.1, 0.15) is 5.69 Å². The lowest BCUT2D eigenvalue weighted by atomic mass is 9.94. The smallest absolute Gasteiger partial charge is 0.293 e. The first-order valence-corrected chi connectivity index (χ1v) is 6.53. The van der Waals surface area contributed by atoms with Crippen LogP contribution in [0.3, 0.4) is 0 Å². The third-order valence-corrected chi connectivity index (χ3v) is 3.51. The van der Waals surface area contributed by atoms with Crippen LogP contribution in [0.2, 0.25) is 0 Å². The summed E-state index contributed by atoms with van der Waals surface area (Å²) in [6, 6.07) is 3.95. The average molecular weight is 295 g/mol. The molecule has 1 aromatic rings. The molecule has 1 aliphatic heterocycles. The zero-order chi connectivity index (χ0) is 15.5. The van der Waals surface area contributed by atoms with E-state index < -0.39 is 16.4 Å². The fourth-order valence-electron chi connectivity index (χ4n) is 2.17. The highest BCUT2D eigenvalue weighted by atomic mass is 16.6. The van der Waals surface area contributed by atoms with Crippen molar-refractivity contribution in [2.75, 3.05) is 25.1 Å². The minimum atomic E-state index is -0.950. The van der Waals surface area contributed by atoms with E-state index in [4.69, 9.17) is 10.5 Å². The number of carbonyl (C=O) groups excluding carboxylic acids is 1. The highest BCUT2D eigenvalue weighted by molar-refractivity contribution is 5.94. The number of aliphatic hydroxyl groups is 1. The van der Waals surface area contributed by atoms with Crippen LogP contribution < -0.4 is 11.1 Å². The van der Waals surface area contributed by atoms with Crippen LogP contribution in [-0.2, 0) is 4.74 Å². The number of carbonyl (C=O) groups is 1. The van der Waals surface area contributed by atoms with E-state index in [0.717, 1.165) is 6.07 Å². The molecule has 1 heterocycles. The predicted octanol–water partition coefficient (Wildman–Crippen LogP) is 0.647. The minimum absolute atomic E-state index is 0.0667. The molecule has 1 aliphatic rings. The van der Waals surface area contributed by atoms with Crippen molar-refractivity contribution in [1.29, 1.82) is 0 Å². The van der Waals surface area contributed by atoms with E-state index >= 15 is 0 Å². The first-order chi connectivity index (χ1) is 9.91. The van der Waals surface area contributed by atoms with Gasteiger partial charge in [0.05, 0.1) is 10.5 Å². The van der Waals surface area contributed by atoms with E-state index in [9.17, 15) is 20.0 Å². The zero-order valence-electron chi connectivity index (χ0n) is 11.4. The van der Waals surface area contributed by atoms with Crippen molar-refractivity contribution in [2.24, 2.45) is 5.73 Å². The molecule has 114 valence electrons. The normalized spacial score (nSPS) is 17.2. The number of hydrogen-bond donors (Lipinski definition) is 3. The Morgan fingerprint density at radius 3 is 2.71 bits per heavy atom. The van der Waals surface area contributed by atoms with Gasteiger partial charge in [0.2, 0.25) is 5.91 Å². The fraction of sp³-hybridized carbons (Fsp3) is 0.462. The molecule has 0 aromatic heterocycles. The SMILES string of the molecule is NC(=O)c1ccc(NCC2(O)CCOCC2)c([N+](=O)[O-])c1. The maximum atomic E-state index is 11.1. The van der Waals surface area contributed by atoms with Crippen molar-refractivity contribution >= 4 is 17.3 Å². The van der Waals surface area contributed by atoms with Gasteiger partial charge in [0, 0.05) is 44.2 Å². The number of amides is 1. The molecular formula is C13H17N3O5. The molecule has 0 spiro atoms. The monoisotopic (exact) mass is 295 g/mol. The summed E-state index contributed by atoms with van der Waals surface area (Å²) in [6.07, 6.45) is 0.931. The van der Waals surface area contributed by atoms with Crippen LogP contribution >= 0.6 is 0 Å². The first-order valence-electron chi connectivity index (χ1n) is 6.53. The van der Waals surface area contributed by atoms with E-state index in [-0.39, 0.29) is 23.5 Å². The molecule has 0 saturated carbocycles. The average Bonchev–Trinajstić information content (AvgIpc) is 2.45. The van der Waals surface area contributed by atoms with Crippen LogP contribution in [0.15, 0.2) is 18.2 Å². The number of nitrogens with zero attached hydrogens (tertiary/aromatic N) is 1. The van der Waals surface area contributed by atoms with E-state index in [1.54, 1.807) is 0 Å². The van der Waals surface area contributed by atoms with Crippen LogP contribution in [0.1, 0.15) is 23.2 Å². The van der Waals surface area contributed by atoms with Crippen LogP contribution in [0, 0.1) is 10.1 Å². The largest absolute Gasteiger partial charge is 0.388 e. The number of anilines is 1. The number of primary amides is 1. The van der Waals surface area contributed by atoms with Gasteiger partial charge in [-0.15, -0.1) is 0 Å². The summed E-state index contributed by atoms with van der Waals surface area (Å²) in [5.41, 5.74) is 4.22. The van der Waals surface area contributed by atoms with Gasteiger partial charge in [0.25, 0.3) is 5.69 Å². The highest BCUT2D eigenvalue weighted by Crippen LogP contribution is 2.27. The van der Waals surface area contributed by atoms with Gasteiger partial charge in [-0.3, -0.25) is 14.9 Å². The van der Waals surface area contributed by atoms with Crippen LogP contribution in [0.5, 0.6) is 0 Å². The Morgan fingerprint density at radius 1 is 1.48 bits per heavy atom. The summed E-state index contributed by atoms with van der Waals surface area (Å²) in [5, 5.41) is 24.2. The molecule has 4 N–H and O–H groups in total. The Hall–Kier alpha value is -2.19. The van der Waals surface area contributed by atoms with Gasteiger partial charge in [-0.25, -0.2) is 0 Å². The number of nitro benzene ring substituents is 1. The maximum absolute atomic E-state index is 11.1. The summed E-state index contributed by atoms with van der Waals surface area (Å²) in [7, 11) is 0. The summed E-state index contributed by atoms with van der Waals surface area (Å²) < 4.78 is 5.17. The number of hydrogen-bond acceptors (Lipinski definition) is 6. The van der Waals surface area contributed by atoms with Crippen molar-refractivity contribution < 1.29 is 19.6 Å². The molecule has 1 saturated heterocycles. The molecule has 0 bridgehead atoms. The molecule has 1 fully saturated rings. The van der Waals surface area contributed by atoms with E-state index in [1.165, 1.54) is 12.1 Å². The van der Waals surface area contributed by atoms with Gasteiger partial charge in [-0.2, -0.15) is 0 Å². The van der Waals surface area contributed by atoms with Crippen LogP contribution in [-0.4, -0.2) is 41.3 Å². The second-order valence-electron chi connectivity index (χ2n) is 5.04. The number of benzene rings is 1. The molecule has 8 heteroatoms. The summed E-state index contributed by atoms with van der Waals surface area (Å²) in [5.74, 6) is -0.729. The Kier molecular flexibility index (Phi) is 4.39. The molecular weight excluding hydrogens is 278 g/mol. The summed E-state index contributed by atoms with van der Waals surface area (Å²) >= 11 is 0. The second-order valence-corrected chi connectivity index (χ2v) is 5.04. The molecule has 0 aliphatic carbocycles. The minimum Gasteiger partial charge on any atom is -0.388 e. The molecule has 0 atom stereocenters. The Morgan fingerprint density at radius 2 is 2.14 bits per heavy atom. The van der Waals surface area contributed by atoms with Gasteiger partial charge in [-0.05, 0) is 12.1 Å². The standard InChI is InChI=1S/C13H17N3O5/c14-12(17)9-1-2-10(11(7-9)16(19)20)15-8-13(18)3-5-21-6-4-13/h1-2,7,15,18H,3-6,8H2,(H2,14,17). The number of rotatable bonds is 5. The molecule has 21 heavy (non-hydrogen) atoms. The Labute approximate surface area is 121 Å². The van der Waals surface area contributed by atoms with Crippen LogP contribution in [0.25, 0.3) is 0 Å². The van der Waals surface area contributed by atoms with Crippen molar-refractivity contribution in [2.45, 2.75) is 18.4 Å². The second kappa shape index (κ2) is 6.06. The third-order valence-electron chi connectivity index (χ3n) is 3.51. The van der Waals surface area contributed by atoms with Gasteiger partial charge in [0.15, 0.2) is 0 Å². The molecule has 8 nitrogen and oxygen atoms in total. The Balaban J connectivity index is 2.15. The van der Waals surface area contributed by atoms with Gasteiger partial charge >= 0.3 is 0 Å². The quantitative estimate of drug-likeness (QED) is 0.540. The first kappa shape index (κ1) is 15.2. The van der Waals surface area contributed by atoms with Crippen LogP contribution in [0.4, 0.5) is 11.4 Å². The van der Waals surface area contributed by atoms with Gasteiger partial charge < -0.3 is 20.9 Å². The topological polar surface area (TPSA) is 128 Å². The molecule has 1 aromatic carbocycles. The summed E-state index contributed by atoms with van der Waals surface area (Å²) in [4.78, 5) is 21.5. The molecule has 0 unspecified atom stereocenters. The third kappa shape index (κ3) is 3.67. The van der Waals surface area contributed by atoms with E-state index in [2.05, 4.69) is 5.32 Å². The highest BCUT2D eigenvalue weighted by Gasteiger charge is 2.30. The lowest BCUT2D eigenvalue weighted by Crippen LogP contribution is -2.42. The molecule has 2 rings (SSSR count). The fourth-order valence-corrected chi connectivity index (χ4v) is 2.17. The summed E-state index contributed by atoms with van der Waals surface area (Å²) in [6.45, 7) is 1.09. The number of nitrogens with one attached hydrogen (secondary N) is 1. The molecule has 0 radical (unpaired) electrons. The molecule has 1 amide bonds. The lowest BCUT2D eigenvalue weighted by Gasteiger charge is -2.32. The predicted molar refractivity (Wildman–Crippen MR) is 75.1 cm³/mol. The maximum Gasteiger partial charge on any atom is 0.293 e. The Bertz CT molecular complexity index is 555. The van der Waals surface area contributed by atoms with Crippen molar-refractivity contribution in [3.8, 4) is 0 Å². The van der Waals surface area contributed by atoms with E-state index in [0.29, 0.717) is 26.1 Å². The lowest BCUT2D eigenvalue weighted by molar-refractivity contribution is -0.384. The van der Waals surface area contributed by atoms with Gasteiger partial charge in [-0.1, -0.05) is 0 Å². The number of nitrogens with two attached hydrogens (primary N) is 1. The van der Waals surface area contributed by atoms with Crippen molar-refractivity contribution in [3.63, 3.8) is 0 Å². The number of nitro groups is 1. The van der Waals surface area contributed by atoms with Crippen molar-refractivity contribution in [3.05, 3.63) is 33.9 Å². The zero-order valence-corrected chi connectivity index (χ0v) is 11.4. The number of ether oxygens (including phenoxy) is 1. The van der Waals surface area contributed by atoms with E-state index in [1.807, 2.05) is 0 Å². The van der Waals surface area contributed by atoms with Crippen molar-refractivity contribution in [1.82, 2.24) is 0 Å².